The fraction of sp³-hybridized carbons (Fsp3) is 0.364. The number of benzene rings is 2. The van der Waals surface area contributed by atoms with Crippen molar-refractivity contribution in [3.05, 3.63) is 59.7 Å². The molecule has 1 N–H and O–H groups in total. The van der Waals surface area contributed by atoms with E-state index in [0.29, 0.717) is 12.2 Å². The van der Waals surface area contributed by atoms with Gasteiger partial charge in [-0.3, -0.25) is 14.5 Å². The predicted octanol–water partition coefficient (Wildman–Crippen LogP) is 5.16. The van der Waals surface area contributed by atoms with Gasteiger partial charge in [0.05, 0.1) is 5.75 Å². The molecule has 1 saturated heterocycles. The van der Waals surface area contributed by atoms with Crippen molar-refractivity contribution in [1.29, 1.82) is 0 Å². The van der Waals surface area contributed by atoms with E-state index in [1.165, 1.54) is 5.56 Å². The molecule has 5 heteroatoms. The molecule has 2 aromatic rings. The molecule has 0 saturated carbocycles. The summed E-state index contributed by atoms with van der Waals surface area (Å²) in [5.74, 6) is 0.666. The van der Waals surface area contributed by atoms with Crippen molar-refractivity contribution < 1.29 is 9.59 Å². The molecule has 3 rings (SSSR count). The number of anilines is 2. The Morgan fingerprint density at radius 3 is 2.67 bits per heavy atom. The Labute approximate surface area is 165 Å². The fourth-order valence-corrected chi connectivity index (χ4v) is 4.35. The van der Waals surface area contributed by atoms with Gasteiger partial charge in [0.1, 0.15) is 5.37 Å². The number of hydrogen-bond acceptors (Lipinski definition) is 3. The van der Waals surface area contributed by atoms with Crippen molar-refractivity contribution in [1.82, 2.24) is 0 Å². The Morgan fingerprint density at radius 2 is 1.96 bits per heavy atom. The molecule has 0 aliphatic carbocycles. The Morgan fingerprint density at radius 1 is 1.19 bits per heavy atom. The maximum Gasteiger partial charge on any atom is 0.238 e. The minimum absolute atomic E-state index is 0.0329. The minimum atomic E-state index is -0.0329. The standard InChI is InChI=1S/C22H26N2O2S/c1-3-5-9-20(25)23-18-12-10-17(11-13-18)22-24(21(26)15-27-22)19-8-6-7-16(4-2)14-19/h6-8,10-14,22H,3-5,9,15H2,1-2H3,(H,23,25)/t22-/m1/s1. The highest BCUT2D eigenvalue weighted by molar-refractivity contribution is 8.00. The van der Waals surface area contributed by atoms with Crippen LogP contribution in [0.4, 0.5) is 11.4 Å². The summed E-state index contributed by atoms with van der Waals surface area (Å²) in [5.41, 5.74) is 4.04. The molecule has 0 radical (unpaired) electrons. The van der Waals surface area contributed by atoms with Gasteiger partial charge in [0.25, 0.3) is 0 Å². The van der Waals surface area contributed by atoms with Crippen molar-refractivity contribution in [3.63, 3.8) is 0 Å². The lowest BCUT2D eigenvalue weighted by Crippen LogP contribution is -2.27. The molecule has 2 amide bonds. The SMILES string of the molecule is CCCCC(=O)Nc1ccc([C@H]2SCC(=O)N2c2cccc(CC)c2)cc1. The van der Waals surface area contributed by atoms with E-state index in [1.54, 1.807) is 11.8 Å². The molecule has 1 aliphatic heterocycles. The Balaban J connectivity index is 1.76. The van der Waals surface area contributed by atoms with Gasteiger partial charge in [0.2, 0.25) is 11.8 Å². The van der Waals surface area contributed by atoms with E-state index >= 15 is 0 Å². The third kappa shape index (κ3) is 4.72. The zero-order valence-electron chi connectivity index (χ0n) is 15.9. The molecule has 1 heterocycles. The van der Waals surface area contributed by atoms with Crippen LogP contribution >= 0.6 is 11.8 Å². The normalized spacial score (nSPS) is 16.6. The third-order valence-electron chi connectivity index (χ3n) is 4.70. The topological polar surface area (TPSA) is 49.4 Å². The van der Waals surface area contributed by atoms with Crippen molar-refractivity contribution >= 4 is 35.0 Å². The summed E-state index contributed by atoms with van der Waals surface area (Å²) in [5, 5.41) is 2.90. The zero-order chi connectivity index (χ0) is 19.2. The number of carbonyl (C=O) groups excluding carboxylic acids is 2. The van der Waals surface area contributed by atoms with Crippen LogP contribution in [0.15, 0.2) is 48.5 Å². The van der Waals surface area contributed by atoms with Crippen LogP contribution in [0.25, 0.3) is 0 Å². The van der Waals surface area contributed by atoms with Crippen LogP contribution in [0, 0.1) is 0 Å². The number of rotatable bonds is 7. The number of nitrogens with one attached hydrogen (secondary N) is 1. The summed E-state index contributed by atoms with van der Waals surface area (Å²) in [6.45, 7) is 4.19. The highest BCUT2D eigenvalue weighted by atomic mass is 32.2. The monoisotopic (exact) mass is 382 g/mol. The summed E-state index contributed by atoms with van der Waals surface area (Å²) >= 11 is 1.64. The highest BCUT2D eigenvalue weighted by Gasteiger charge is 2.34. The Kier molecular flexibility index (Phi) is 6.56. The Bertz CT molecular complexity index is 804. The smallest absolute Gasteiger partial charge is 0.238 e. The summed E-state index contributed by atoms with van der Waals surface area (Å²) in [6.07, 6.45) is 3.40. The van der Waals surface area contributed by atoms with Gasteiger partial charge in [-0.05, 0) is 48.2 Å². The van der Waals surface area contributed by atoms with Crippen LogP contribution in [0.5, 0.6) is 0 Å². The molecule has 142 valence electrons. The van der Waals surface area contributed by atoms with Gasteiger partial charge in [-0.2, -0.15) is 0 Å². The third-order valence-corrected chi connectivity index (χ3v) is 5.91. The first-order valence-electron chi connectivity index (χ1n) is 9.54. The second-order valence-electron chi connectivity index (χ2n) is 6.72. The molecule has 0 spiro atoms. The maximum absolute atomic E-state index is 12.5. The van der Waals surface area contributed by atoms with Gasteiger partial charge >= 0.3 is 0 Å². The van der Waals surface area contributed by atoms with Crippen molar-refractivity contribution in [3.8, 4) is 0 Å². The van der Waals surface area contributed by atoms with Crippen molar-refractivity contribution in [2.24, 2.45) is 0 Å². The fourth-order valence-electron chi connectivity index (χ4n) is 3.17. The maximum atomic E-state index is 12.5. The largest absolute Gasteiger partial charge is 0.326 e. The lowest BCUT2D eigenvalue weighted by atomic mass is 10.1. The predicted molar refractivity (Wildman–Crippen MR) is 113 cm³/mol. The van der Waals surface area contributed by atoms with E-state index in [9.17, 15) is 9.59 Å². The first kappa shape index (κ1) is 19.5. The molecule has 27 heavy (non-hydrogen) atoms. The van der Waals surface area contributed by atoms with Crippen molar-refractivity contribution in [2.45, 2.75) is 44.9 Å². The highest BCUT2D eigenvalue weighted by Crippen LogP contribution is 2.42. The molecule has 1 aliphatic rings. The van der Waals surface area contributed by atoms with Crippen LogP contribution < -0.4 is 10.2 Å². The van der Waals surface area contributed by atoms with Gasteiger partial charge < -0.3 is 5.32 Å². The molecule has 0 aromatic heterocycles. The van der Waals surface area contributed by atoms with E-state index in [4.69, 9.17) is 0 Å². The summed E-state index contributed by atoms with van der Waals surface area (Å²) in [4.78, 5) is 26.3. The first-order valence-corrected chi connectivity index (χ1v) is 10.6. The van der Waals surface area contributed by atoms with E-state index in [2.05, 4.69) is 31.3 Å². The molecular formula is C22H26N2O2S. The van der Waals surface area contributed by atoms with Crippen LogP contribution in [-0.4, -0.2) is 17.6 Å². The van der Waals surface area contributed by atoms with Gasteiger partial charge in [-0.25, -0.2) is 0 Å². The number of unbranched alkanes of at least 4 members (excludes halogenated alkanes) is 1. The van der Waals surface area contributed by atoms with Gasteiger partial charge in [0, 0.05) is 17.8 Å². The average Bonchev–Trinajstić information content (AvgIpc) is 3.08. The van der Waals surface area contributed by atoms with Gasteiger partial charge in [0.15, 0.2) is 0 Å². The summed E-state index contributed by atoms with van der Waals surface area (Å²) in [7, 11) is 0. The first-order chi connectivity index (χ1) is 13.1. The summed E-state index contributed by atoms with van der Waals surface area (Å²) < 4.78 is 0. The van der Waals surface area contributed by atoms with Gasteiger partial charge in [-0.15, -0.1) is 11.8 Å². The van der Waals surface area contributed by atoms with Crippen LogP contribution in [0.3, 0.4) is 0 Å². The van der Waals surface area contributed by atoms with Crippen LogP contribution in [-0.2, 0) is 16.0 Å². The van der Waals surface area contributed by atoms with E-state index in [1.807, 2.05) is 41.3 Å². The number of thioether (sulfide) groups is 1. The average molecular weight is 383 g/mol. The molecule has 0 unspecified atom stereocenters. The molecule has 1 atom stereocenters. The minimum Gasteiger partial charge on any atom is -0.326 e. The quantitative estimate of drug-likeness (QED) is 0.720. The van der Waals surface area contributed by atoms with E-state index in [0.717, 1.165) is 36.2 Å². The number of amides is 2. The second-order valence-corrected chi connectivity index (χ2v) is 7.79. The second kappa shape index (κ2) is 9.09. The van der Waals surface area contributed by atoms with Crippen molar-refractivity contribution in [2.75, 3.05) is 16.0 Å². The zero-order valence-corrected chi connectivity index (χ0v) is 16.7. The number of aryl methyl sites for hydroxylation is 1. The molecule has 1 fully saturated rings. The van der Waals surface area contributed by atoms with E-state index < -0.39 is 0 Å². The molecule has 0 bridgehead atoms. The van der Waals surface area contributed by atoms with E-state index in [-0.39, 0.29) is 17.2 Å². The molecule has 4 nitrogen and oxygen atoms in total. The van der Waals surface area contributed by atoms with Gasteiger partial charge in [-0.1, -0.05) is 44.5 Å². The van der Waals surface area contributed by atoms with Crippen LogP contribution in [0.1, 0.15) is 49.6 Å². The lowest BCUT2D eigenvalue weighted by Gasteiger charge is -2.25. The number of carbonyl (C=O) groups is 2. The number of hydrogen-bond donors (Lipinski definition) is 1. The summed E-state index contributed by atoms with van der Waals surface area (Å²) in [6, 6.07) is 16.0. The number of nitrogens with zero attached hydrogens (tertiary/aromatic N) is 1. The molecular weight excluding hydrogens is 356 g/mol. The Hall–Kier alpha value is -2.27. The molecule has 2 aromatic carbocycles. The lowest BCUT2D eigenvalue weighted by molar-refractivity contribution is -0.116. The van der Waals surface area contributed by atoms with Crippen LogP contribution in [0.2, 0.25) is 0 Å².